The van der Waals surface area contributed by atoms with Crippen LogP contribution in [0.5, 0.6) is 0 Å². The molecule has 0 bridgehead atoms. The van der Waals surface area contributed by atoms with Crippen molar-refractivity contribution in [2.45, 2.75) is 187 Å². The molecule has 0 amide bonds. The number of hydrogen-bond acceptors (Lipinski definition) is 12. The number of aryl methyl sites for hydroxylation is 12. The average molecular weight is 1360 g/mol. The number of hydrogen-bond donors (Lipinski definition) is 0. The Kier molecular flexibility index (Phi) is 18.9. The minimum Gasteiger partial charge on any atom is -0.343 e. The van der Waals surface area contributed by atoms with Crippen LogP contribution in [-0.2, 0) is 84.2 Å². The van der Waals surface area contributed by atoms with Crippen molar-refractivity contribution >= 4 is 44.1 Å². The first kappa shape index (κ1) is 66.4. The Morgan fingerprint density at radius 3 is 1.18 bits per heavy atom. The minimum absolute atomic E-state index is 0.464. The van der Waals surface area contributed by atoms with Crippen molar-refractivity contribution in [2.24, 2.45) is 0 Å². The smallest absolute Gasteiger partial charge is 0.131 e. The molecule has 20 heterocycles. The molecule has 4 fully saturated rings. The third-order valence-electron chi connectivity index (χ3n) is 23.8. The van der Waals surface area contributed by atoms with E-state index in [1.54, 1.807) is 0 Å². The molecule has 0 N–H and O–H groups in total. The molecule has 12 aromatic rings. The molecule has 102 heavy (non-hydrogen) atoms. The molecule has 4 atom stereocenters. The van der Waals surface area contributed by atoms with E-state index in [4.69, 9.17) is 19.9 Å². The lowest BCUT2D eigenvalue weighted by Gasteiger charge is -2.30. The van der Waals surface area contributed by atoms with Gasteiger partial charge in [-0.15, -0.1) is 0 Å². The van der Waals surface area contributed by atoms with Gasteiger partial charge in [0.05, 0.1) is 49.8 Å². The molecule has 4 unspecified atom stereocenters. The van der Waals surface area contributed by atoms with Gasteiger partial charge in [-0.25, -0.2) is 9.37 Å². The summed E-state index contributed by atoms with van der Waals surface area (Å²) in [4.78, 5) is 47.5. The first-order chi connectivity index (χ1) is 50.2. The van der Waals surface area contributed by atoms with E-state index < -0.39 is 6.67 Å². The molecule has 0 aromatic carbocycles. The molecule has 0 saturated carbocycles. The summed E-state index contributed by atoms with van der Waals surface area (Å²) in [6.45, 7) is 21.4. The van der Waals surface area contributed by atoms with Crippen molar-refractivity contribution < 1.29 is 4.39 Å². The van der Waals surface area contributed by atoms with Crippen LogP contribution in [0.3, 0.4) is 0 Å². The average Bonchev–Trinajstić information content (AvgIpc) is 1.61. The van der Waals surface area contributed by atoms with Gasteiger partial charge in [-0.2, -0.15) is 0 Å². The number of pyridine rings is 8. The third-order valence-corrected chi connectivity index (χ3v) is 23.8. The zero-order chi connectivity index (χ0) is 68.8. The fourth-order valence-corrected chi connectivity index (χ4v) is 19.0. The summed E-state index contributed by atoms with van der Waals surface area (Å²) in [5, 5.41) is 0. The number of nitrogens with zero attached hydrogens (tertiary/aromatic N) is 16. The van der Waals surface area contributed by atoms with Gasteiger partial charge in [0.2, 0.25) is 0 Å². The molecular weight excluding hydrogens is 1260 g/mol. The van der Waals surface area contributed by atoms with Gasteiger partial charge in [0.1, 0.15) is 6.67 Å². The SMILES string of the molecule is Cc1ccc(CCn2c3c(c4nc(C)ccc42)C2CCCN2CC3)cn1.Cc1ccc2c(n1)c1c(n2CCc2ccccn2)CCN2CCCC12.Cc1ccc2c(n1)c1c(n2CCc2cccnc2)CCN2CCCC12.FCc1ccc2c(n1)c1c(n2CCc2ccncc2)CCN2CCCC12. The predicted molar refractivity (Wildman–Crippen MR) is 403 cm³/mol. The molecule has 8 aliphatic heterocycles. The van der Waals surface area contributed by atoms with Crippen molar-refractivity contribution in [2.75, 3.05) is 52.4 Å². The highest BCUT2D eigenvalue weighted by Gasteiger charge is 2.40. The molecule has 0 aliphatic carbocycles. The fraction of sp³-hybridized carbons (Fsp3) is 0.435. The number of rotatable bonds is 13. The van der Waals surface area contributed by atoms with E-state index in [0.29, 0.717) is 29.9 Å². The maximum Gasteiger partial charge on any atom is 0.131 e. The molecule has 12 aromatic heterocycles. The standard InChI is InChI=1S/C22H26N4.C21H23FN4.2C21H24N4/c1-15-5-7-17(14-23-15)9-13-26-19-10-12-25-11-3-4-18(25)21(19)22-20(26)8-6-16(2)24-22;22-14-16-3-4-19-21(24-16)20-17-2-1-11-25(17)12-8-18(20)26(19)13-7-15-5-9-23-10-6-15;1-15-6-7-19-21(23-15)20-17-5-3-11-24(17)12-9-18(20)25(19)13-8-16-4-2-10-22-14-16;1-15-7-8-19-21(23-15)20-17-6-4-12-24(17)13-10-18(20)25(19)14-9-16-5-2-3-11-22-16/h5-8,14,18H,3-4,9-13H2,1-2H3;3-6,9-10,17H,1-2,7-8,11-14H2;2,4,6-7,10,14,17H,3,5,8-9,11-13H2,1H3;2-3,5,7-8,11,17H,4,6,9-10,12-14H2,1H3. The summed E-state index contributed by atoms with van der Waals surface area (Å²) in [6, 6.07) is 38.3. The van der Waals surface area contributed by atoms with Gasteiger partial charge < -0.3 is 18.3 Å². The highest BCUT2D eigenvalue weighted by atomic mass is 19.1. The van der Waals surface area contributed by atoms with Crippen LogP contribution in [0.1, 0.15) is 171 Å². The molecule has 524 valence electrons. The molecule has 8 aliphatic rings. The van der Waals surface area contributed by atoms with Crippen LogP contribution in [0.15, 0.2) is 140 Å². The van der Waals surface area contributed by atoms with E-state index in [1.165, 1.54) is 192 Å². The third kappa shape index (κ3) is 12.9. The van der Waals surface area contributed by atoms with Gasteiger partial charge in [-0.05, 0) is 226 Å². The van der Waals surface area contributed by atoms with E-state index in [1.807, 2.05) is 62.3 Å². The van der Waals surface area contributed by atoms with Crippen LogP contribution in [0, 0.1) is 27.7 Å². The van der Waals surface area contributed by atoms with E-state index >= 15 is 0 Å². The first-order valence-electron chi connectivity index (χ1n) is 38.3. The Labute approximate surface area is 599 Å². The van der Waals surface area contributed by atoms with E-state index in [9.17, 15) is 4.39 Å². The topological polar surface area (TPSA) is 136 Å². The Morgan fingerprint density at radius 2 is 0.765 bits per heavy atom. The van der Waals surface area contributed by atoms with Crippen LogP contribution in [0.25, 0.3) is 44.1 Å². The maximum absolute atomic E-state index is 13.2. The van der Waals surface area contributed by atoms with Gasteiger partial charge >= 0.3 is 0 Å². The van der Waals surface area contributed by atoms with E-state index in [-0.39, 0.29) is 0 Å². The first-order valence-corrected chi connectivity index (χ1v) is 38.3. The highest BCUT2D eigenvalue weighted by molar-refractivity contribution is 5.86. The molecule has 0 radical (unpaired) electrons. The summed E-state index contributed by atoms with van der Waals surface area (Å²) in [5.74, 6) is 0. The Hall–Kier alpha value is -8.87. The molecule has 4 saturated heterocycles. The van der Waals surface area contributed by atoms with Crippen molar-refractivity contribution in [1.29, 1.82) is 0 Å². The Bertz CT molecular complexity index is 4810. The lowest BCUT2D eigenvalue weighted by atomic mass is 9.98. The van der Waals surface area contributed by atoms with Crippen LogP contribution in [0.2, 0.25) is 0 Å². The molecular formula is C85H97FN16. The van der Waals surface area contributed by atoms with Gasteiger partial charge in [0.25, 0.3) is 0 Å². The number of aromatic nitrogens is 12. The van der Waals surface area contributed by atoms with Gasteiger partial charge in [0.15, 0.2) is 0 Å². The van der Waals surface area contributed by atoms with Crippen molar-refractivity contribution in [3.8, 4) is 0 Å². The Morgan fingerprint density at radius 1 is 0.343 bits per heavy atom. The van der Waals surface area contributed by atoms with Gasteiger partial charge in [-0.1, -0.05) is 18.2 Å². The highest BCUT2D eigenvalue weighted by Crippen LogP contribution is 2.47. The number of fused-ring (bicyclic) bond motifs is 20. The van der Waals surface area contributed by atoms with Gasteiger partial charge in [0, 0.05) is 219 Å². The van der Waals surface area contributed by atoms with E-state index in [2.05, 4.69) is 164 Å². The summed E-state index contributed by atoms with van der Waals surface area (Å²) < 4.78 is 23.3. The normalized spacial score (nSPS) is 19.8. The second kappa shape index (κ2) is 29.1. The Balaban J connectivity index is 0.000000101. The van der Waals surface area contributed by atoms with Crippen molar-refractivity contribution in [3.05, 3.63) is 236 Å². The summed E-state index contributed by atoms with van der Waals surface area (Å²) in [7, 11) is 0. The van der Waals surface area contributed by atoms with Crippen molar-refractivity contribution in [1.82, 2.24) is 77.7 Å². The number of alkyl halides is 1. The van der Waals surface area contributed by atoms with Crippen LogP contribution in [-0.4, -0.2) is 130 Å². The summed E-state index contributed by atoms with van der Waals surface area (Å²) >= 11 is 0. The maximum atomic E-state index is 13.2. The largest absolute Gasteiger partial charge is 0.343 e. The zero-order valence-corrected chi connectivity index (χ0v) is 60.1. The zero-order valence-electron chi connectivity index (χ0n) is 60.1. The monoisotopic (exact) mass is 1360 g/mol. The molecule has 0 spiro atoms. The van der Waals surface area contributed by atoms with Gasteiger partial charge in [-0.3, -0.25) is 54.5 Å². The van der Waals surface area contributed by atoms with Crippen molar-refractivity contribution in [3.63, 3.8) is 0 Å². The second-order valence-electron chi connectivity index (χ2n) is 29.9. The van der Waals surface area contributed by atoms with E-state index in [0.717, 1.165) is 124 Å². The minimum atomic E-state index is -0.499. The summed E-state index contributed by atoms with van der Waals surface area (Å²) in [5.41, 5.74) is 31.8. The lowest BCUT2D eigenvalue weighted by Crippen LogP contribution is -2.31. The quantitative estimate of drug-likeness (QED) is 0.109. The number of halogens is 1. The fourth-order valence-electron chi connectivity index (χ4n) is 19.0. The molecule has 20 rings (SSSR count). The molecule has 17 heteroatoms. The van der Waals surface area contributed by atoms with Crippen LogP contribution < -0.4 is 0 Å². The molecule has 16 nitrogen and oxygen atoms in total. The predicted octanol–water partition coefficient (Wildman–Crippen LogP) is 15.2. The van der Waals surface area contributed by atoms with Crippen LogP contribution in [0.4, 0.5) is 4.39 Å². The lowest BCUT2D eigenvalue weighted by molar-refractivity contribution is 0.241. The summed E-state index contributed by atoms with van der Waals surface area (Å²) in [6.07, 6.45) is 30.2. The van der Waals surface area contributed by atoms with Crippen LogP contribution >= 0.6 is 0 Å². The second-order valence-corrected chi connectivity index (χ2v) is 29.9.